The lowest BCUT2D eigenvalue weighted by Crippen LogP contribution is -2.53. The molecule has 0 aromatic heterocycles. The van der Waals surface area contributed by atoms with Gasteiger partial charge >= 0.3 is 18.0 Å². The van der Waals surface area contributed by atoms with Crippen LogP contribution in [0.25, 0.3) is 0 Å². The Morgan fingerprint density at radius 3 is 2.34 bits per heavy atom. The number of amides is 2. The number of hydrogen-bond acceptors (Lipinski definition) is 8. The highest BCUT2D eigenvalue weighted by Gasteiger charge is 2.35. The quantitative estimate of drug-likeness (QED) is 0.164. The van der Waals surface area contributed by atoms with Gasteiger partial charge in [-0.05, 0) is 82.9 Å². The third kappa shape index (κ3) is 11.1. The van der Waals surface area contributed by atoms with Crippen molar-refractivity contribution in [2.24, 2.45) is 5.92 Å². The molecule has 2 aliphatic heterocycles. The van der Waals surface area contributed by atoms with Crippen molar-refractivity contribution in [2.75, 3.05) is 31.1 Å². The molecule has 47 heavy (non-hydrogen) atoms. The number of esters is 2. The van der Waals surface area contributed by atoms with E-state index in [1.54, 1.807) is 32.6 Å². The summed E-state index contributed by atoms with van der Waals surface area (Å²) in [7, 11) is 0. The van der Waals surface area contributed by atoms with E-state index >= 15 is 0 Å². The molecule has 10 nitrogen and oxygen atoms in total. The van der Waals surface area contributed by atoms with Gasteiger partial charge in [-0.15, -0.1) is 0 Å². The number of piperidine rings is 1. The number of benzene rings is 2. The number of anilines is 1. The van der Waals surface area contributed by atoms with Gasteiger partial charge in [0, 0.05) is 18.8 Å². The molecule has 1 saturated heterocycles. The molecule has 2 atom stereocenters. The lowest BCUT2D eigenvalue weighted by Gasteiger charge is -2.31. The van der Waals surface area contributed by atoms with Crippen LogP contribution >= 0.6 is 0 Å². The molecule has 0 radical (unpaired) electrons. The van der Waals surface area contributed by atoms with Crippen LogP contribution in [-0.4, -0.2) is 72.8 Å². The van der Waals surface area contributed by atoms with E-state index in [2.05, 4.69) is 5.32 Å². The predicted octanol–water partition coefficient (Wildman–Crippen LogP) is 5.81. The van der Waals surface area contributed by atoms with Crippen LogP contribution in [0.3, 0.4) is 0 Å². The van der Waals surface area contributed by atoms with Gasteiger partial charge in [0.15, 0.2) is 0 Å². The topological polar surface area (TPSA) is 114 Å². The first-order valence-corrected chi connectivity index (χ1v) is 17.0. The van der Waals surface area contributed by atoms with Crippen molar-refractivity contribution in [1.29, 1.82) is 0 Å². The van der Waals surface area contributed by atoms with Gasteiger partial charge in [0.25, 0.3) is 0 Å². The minimum Gasteiger partial charge on any atom is -0.465 e. The lowest BCUT2D eigenvalue weighted by atomic mass is 9.91. The van der Waals surface area contributed by atoms with Crippen LogP contribution < -0.4 is 10.2 Å². The van der Waals surface area contributed by atoms with E-state index in [9.17, 15) is 19.2 Å². The second kappa shape index (κ2) is 17.3. The number of nitrogens with zero attached hydrogens (tertiary/aromatic N) is 2. The van der Waals surface area contributed by atoms with E-state index in [0.717, 1.165) is 43.2 Å². The zero-order chi connectivity index (χ0) is 33.8. The molecule has 2 aliphatic rings. The first-order chi connectivity index (χ1) is 22.5. The number of ether oxygens (including phenoxy) is 3. The molecule has 0 unspecified atom stereocenters. The van der Waals surface area contributed by atoms with Gasteiger partial charge in [0.2, 0.25) is 5.91 Å². The number of likely N-dealkylation sites (tertiary alicyclic amines) is 1. The minimum absolute atomic E-state index is 0.209. The number of hydrogen-bond donors (Lipinski definition) is 1. The van der Waals surface area contributed by atoms with Crippen molar-refractivity contribution >= 4 is 29.6 Å². The molecular weight excluding hydrogens is 598 g/mol. The Labute approximate surface area is 279 Å². The second-order valence-corrected chi connectivity index (χ2v) is 13.5. The zero-order valence-corrected chi connectivity index (χ0v) is 28.4. The number of para-hydroxylation sites is 1. The maximum Gasteiger partial charge on any atom is 0.410 e. The Morgan fingerprint density at radius 1 is 0.936 bits per heavy atom. The fourth-order valence-corrected chi connectivity index (χ4v) is 6.29. The monoisotopic (exact) mass is 649 g/mol. The Hall–Kier alpha value is -3.92. The molecule has 256 valence electrons. The molecule has 0 aliphatic carbocycles. The molecule has 0 bridgehead atoms. The number of aryl methyl sites for hydroxylation is 1. The van der Waals surface area contributed by atoms with Crippen LogP contribution in [0.5, 0.6) is 0 Å². The number of unbranched alkanes of at least 4 members (excludes halogenated alkanes) is 1. The first-order valence-electron chi connectivity index (χ1n) is 17.0. The molecule has 4 rings (SSSR count). The first kappa shape index (κ1) is 35.9. The maximum atomic E-state index is 13.9. The summed E-state index contributed by atoms with van der Waals surface area (Å²) in [5.41, 5.74) is 1.95. The van der Waals surface area contributed by atoms with E-state index in [1.807, 2.05) is 54.6 Å². The molecule has 2 amide bonds. The van der Waals surface area contributed by atoms with E-state index in [4.69, 9.17) is 14.2 Å². The molecule has 10 heteroatoms. The predicted molar refractivity (Wildman–Crippen MR) is 180 cm³/mol. The van der Waals surface area contributed by atoms with Gasteiger partial charge in [-0.2, -0.15) is 0 Å². The molecule has 0 spiro atoms. The summed E-state index contributed by atoms with van der Waals surface area (Å²) in [5, 5.41) is 3.32. The van der Waals surface area contributed by atoms with Gasteiger partial charge < -0.3 is 19.1 Å². The maximum absolute atomic E-state index is 13.9. The van der Waals surface area contributed by atoms with E-state index in [-0.39, 0.29) is 37.7 Å². The summed E-state index contributed by atoms with van der Waals surface area (Å²) in [4.78, 5) is 55.6. The second-order valence-electron chi connectivity index (χ2n) is 13.5. The number of nitrogens with one attached hydrogen (secondary N) is 1. The van der Waals surface area contributed by atoms with Crippen molar-refractivity contribution in [3.8, 4) is 0 Å². The van der Waals surface area contributed by atoms with Gasteiger partial charge in [0.05, 0.1) is 12.6 Å². The average Bonchev–Trinajstić information content (AvgIpc) is 3.17. The van der Waals surface area contributed by atoms with E-state index < -0.39 is 23.7 Å². The fraction of sp³-hybridized carbons (Fsp3) is 0.568. The van der Waals surface area contributed by atoms with Gasteiger partial charge in [0.1, 0.15) is 24.8 Å². The van der Waals surface area contributed by atoms with Crippen LogP contribution in [0.15, 0.2) is 54.6 Å². The smallest absolute Gasteiger partial charge is 0.410 e. The number of carbonyl (C=O) groups is 4. The van der Waals surface area contributed by atoms with Crippen LogP contribution in [-0.2, 0) is 41.6 Å². The van der Waals surface area contributed by atoms with Crippen LogP contribution in [0.2, 0.25) is 0 Å². The zero-order valence-electron chi connectivity index (χ0n) is 28.4. The highest BCUT2D eigenvalue weighted by Crippen LogP contribution is 2.28. The summed E-state index contributed by atoms with van der Waals surface area (Å²) >= 11 is 0. The van der Waals surface area contributed by atoms with Crippen molar-refractivity contribution < 1.29 is 33.4 Å². The minimum atomic E-state index is -0.677. The standard InChI is InChI=1S/C37H51N3O7/c1-5-45-35(43)31(17-11-9-13-27-21-23-39(24-22-27)36(44)46-26-28-14-7-6-8-15-28)38-30-20-19-29-16-10-12-18-32(29)40(34(30)42)25-33(41)47-37(2,3)4/h6-8,10,12,14-16,18,27,30-31,38H,5,9,11,13,17,19-26H2,1-4H3/t30-,31-/m0/s1. The van der Waals surface area contributed by atoms with Crippen molar-refractivity contribution in [3.63, 3.8) is 0 Å². The van der Waals surface area contributed by atoms with E-state index in [1.165, 1.54) is 4.90 Å². The third-order valence-electron chi connectivity index (χ3n) is 8.66. The normalized spacial score (nSPS) is 17.8. The van der Waals surface area contributed by atoms with Crippen LogP contribution in [0, 0.1) is 5.92 Å². The molecule has 2 aromatic carbocycles. The van der Waals surface area contributed by atoms with Gasteiger partial charge in [-0.3, -0.25) is 24.6 Å². The number of carbonyl (C=O) groups excluding carboxylic acids is 4. The largest absolute Gasteiger partial charge is 0.465 e. The summed E-state index contributed by atoms with van der Waals surface area (Å²) in [6.45, 7) is 8.83. The molecule has 2 aromatic rings. The van der Waals surface area contributed by atoms with Crippen molar-refractivity contribution in [2.45, 2.75) is 103 Å². The third-order valence-corrected chi connectivity index (χ3v) is 8.66. The fourth-order valence-electron chi connectivity index (χ4n) is 6.29. The number of fused-ring (bicyclic) bond motifs is 1. The lowest BCUT2D eigenvalue weighted by molar-refractivity contribution is -0.154. The molecule has 2 heterocycles. The molecule has 1 fully saturated rings. The van der Waals surface area contributed by atoms with E-state index in [0.29, 0.717) is 44.0 Å². The highest BCUT2D eigenvalue weighted by molar-refractivity contribution is 6.02. The van der Waals surface area contributed by atoms with Crippen molar-refractivity contribution in [3.05, 3.63) is 65.7 Å². The summed E-state index contributed by atoms with van der Waals surface area (Å²) < 4.78 is 16.4. The Bertz CT molecular complexity index is 1330. The Morgan fingerprint density at radius 2 is 1.64 bits per heavy atom. The van der Waals surface area contributed by atoms with Crippen molar-refractivity contribution in [1.82, 2.24) is 10.2 Å². The van der Waals surface area contributed by atoms with Crippen LogP contribution in [0.4, 0.5) is 10.5 Å². The highest BCUT2D eigenvalue weighted by atomic mass is 16.6. The molecule has 0 saturated carbocycles. The summed E-state index contributed by atoms with van der Waals surface area (Å²) in [5.74, 6) is -0.615. The molecule has 1 N–H and O–H groups in total. The number of rotatable bonds is 13. The average molecular weight is 650 g/mol. The summed E-state index contributed by atoms with van der Waals surface area (Å²) in [6, 6.07) is 16.0. The summed E-state index contributed by atoms with van der Waals surface area (Å²) in [6.07, 6.45) is 5.94. The Balaban J connectivity index is 1.28. The molecular formula is C37H51N3O7. The van der Waals surface area contributed by atoms with Gasteiger partial charge in [-0.25, -0.2) is 4.79 Å². The SMILES string of the molecule is CCOC(=O)[C@H](CCCCC1CCN(C(=O)OCc2ccccc2)CC1)N[C@H]1CCc2ccccc2N(CC(=O)OC(C)(C)C)C1=O. The Kier molecular flexibility index (Phi) is 13.2. The van der Waals surface area contributed by atoms with Crippen LogP contribution in [0.1, 0.15) is 83.8 Å². The van der Waals surface area contributed by atoms with Gasteiger partial charge in [-0.1, -0.05) is 67.8 Å².